The van der Waals surface area contributed by atoms with E-state index in [-0.39, 0.29) is 17.1 Å². The van der Waals surface area contributed by atoms with E-state index in [0.29, 0.717) is 18.7 Å². The normalized spacial score (nSPS) is 15.6. The van der Waals surface area contributed by atoms with Crippen LogP contribution in [-0.4, -0.2) is 29.0 Å². The lowest BCUT2D eigenvalue weighted by Crippen LogP contribution is -2.26. The Bertz CT molecular complexity index is 809. The summed E-state index contributed by atoms with van der Waals surface area (Å²) in [6, 6.07) is 10.3. The quantitative estimate of drug-likeness (QED) is 0.585. The fourth-order valence-electron chi connectivity index (χ4n) is 3.53. The molecule has 0 saturated heterocycles. The van der Waals surface area contributed by atoms with E-state index in [0.717, 1.165) is 35.4 Å². The molecule has 0 aliphatic heterocycles. The Labute approximate surface area is 159 Å². The highest BCUT2D eigenvalue weighted by Gasteiger charge is 2.35. The van der Waals surface area contributed by atoms with Crippen LogP contribution in [0.5, 0.6) is 0 Å². The molecule has 0 spiro atoms. The Hall–Kier alpha value is -2.01. The van der Waals surface area contributed by atoms with Gasteiger partial charge in [-0.15, -0.1) is 11.8 Å². The van der Waals surface area contributed by atoms with Gasteiger partial charge < -0.3 is 10.3 Å². The van der Waals surface area contributed by atoms with Crippen molar-refractivity contribution in [2.24, 2.45) is 5.41 Å². The summed E-state index contributed by atoms with van der Waals surface area (Å²) in [7, 11) is 0. The van der Waals surface area contributed by atoms with Crippen molar-refractivity contribution in [2.75, 3.05) is 12.3 Å². The zero-order chi connectivity index (χ0) is 18.7. The molecule has 5 heteroatoms. The van der Waals surface area contributed by atoms with Crippen molar-refractivity contribution in [3.8, 4) is 0 Å². The van der Waals surface area contributed by atoms with Crippen LogP contribution in [0, 0.1) is 12.3 Å². The zero-order valence-corrected chi connectivity index (χ0v) is 16.5. The van der Waals surface area contributed by atoms with Crippen molar-refractivity contribution >= 4 is 23.5 Å². The van der Waals surface area contributed by atoms with Crippen molar-refractivity contribution in [3.05, 3.63) is 52.8 Å². The second-order valence-corrected chi connectivity index (χ2v) is 8.86. The average molecular weight is 371 g/mol. The molecule has 0 saturated carbocycles. The molecule has 1 heterocycles. The van der Waals surface area contributed by atoms with E-state index in [9.17, 15) is 9.59 Å². The van der Waals surface area contributed by atoms with Crippen LogP contribution in [0.4, 0.5) is 0 Å². The first-order valence-corrected chi connectivity index (χ1v) is 10.1. The number of nitrogens with one attached hydrogen (secondary N) is 2. The second-order valence-electron chi connectivity index (χ2n) is 7.69. The number of aromatic amines is 1. The number of Topliss-reactive ketones (excluding diaryl/α,β-unsaturated/α-hetero) is 1. The highest BCUT2D eigenvalue weighted by atomic mass is 32.2. The van der Waals surface area contributed by atoms with E-state index in [1.54, 1.807) is 11.8 Å². The summed E-state index contributed by atoms with van der Waals surface area (Å²) >= 11 is 1.79. The number of hydrogen-bond donors (Lipinski definition) is 2. The highest BCUT2D eigenvalue weighted by molar-refractivity contribution is 7.99. The van der Waals surface area contributed by atoms with Gasteiger partial charge in [0.1, 0.15) is 5.69 Å². The maximum absolute atomic E-state index is 12.5. The first-order chi connectivity index (χ1) is 12.4. The predicted octanol–water partition coefficient (Wildman–Crippen LogP) is 4.39. The zero-order valence-electron chi connectivity index (χ0n) is 15.6. The predicted molar refractivity (Wildman–Crippen MR) is 106 cm³/mol. The van der Waals surface area contributed by atoms with E-state index >= 15 is 0 Å². The van der Waals surface area contributed by atoms with Crippen molar-refractivity contribution in [3.63, 3.8) is 0 Å². The maximum atomic E-state index is 12.5. The third-order valence-corrected chi connectivity index (χ3v) is 5.84. The number of H-pyrrole nitrogens is 1. The van der Waals surface area contributed by atoms with Crippen molar-refractivity contribution in [1.82, 2.24) is 10.3 Å². The third-order valence-electron chi connectivity index (χ3n) is 4.75. The summed E-state index contributed by atoms with van der Waals surface area (Å²) in [5.74, 6) is 0.979. The fourth-order valence-corrected chi connectivity index (χ4v) is 4.40. The molecule has 1 aromatic carbocycles. The lowest BCUT2D eigenvalue weighted by Gasteiger charge is -2.28. The minimum absolute atomic E-state index is 0.0518. The molecule has 1 aliphatic carbocycles. The molecule has 1 aliphatic rings. The molecule has 26 heavy (non-hydrogen) atoms. The fraction of sp³-hybridized carbons (Fsp3) is 0.429. The van der Waals surface area contributed by atoms with Crippen LogP contribution in [-0.2, 0) is 6.42 Å². The number of aromatic nitrogens is 1. The average Bonchev–Trinajstić information content (AvgIpc) is 2.90. The lowest BCUT2D eigenvalue weighted by molar-refractivity contribution is 0.0909. The summed E-state index contributed by atoms with van der Waals surface area (Å²) in [5.41, 5.74) is 2.92. The van der Waals surface area contributed by atoms with Gasteiger partial charge >= 0.3 is 0 Å². The van der Waals surface area contributed by atoms with E-state index < -0.39 is 0 Å². The standard InChI is InChI=1S/C21H26N2O2S/c1-14-18-16(12-21(2,3)13-17(18)24)23-19(14)20(25)22-10-7-11-26-15-8-5-4-6-9-15/h4-6,8-9,23H,7,10-13H2,1-3H3,(H,22,25). The van der Waals surface area contributed by atoms with E-state index in [1.165, 1.54) is 4.90 Å². The Kier molecular flexibility index (Phi) is 5.56. The Balaban J connectivity index is 1.55. The van der Waals surface area contributed by atoms with Gasteiger partial charge in [0.25, 0.3) is 5.91 Å². The molecular weight excluding hydrogens is 344 g/mol. The van der Waals surface area contributed by atoms with Gasteiger partial charge in [0.2, 0.25) is 0 Å². The van der Waals surface area contributed by atoms with Crippen LogP contribution >= 0.6 is 11.8 Å². The molecule has 0 radical (unpaired) electrons. The molecule has 2 aromatic rings. The van der Waals surface area contributed by atoms with Gasteiger partial charge in [-0.1, -0.05) is 32.0 Å². The molecular formula is C21H26N2O2S. The first kappa shape index (κ1) is 18.8. The Morgan fingerprint density at radius 1 is 1.23 bits per heavy atom. The van der Waals surface area contributed by atoms with Crippen LogP contribution in [0.25, 0.3) is 0 Å². The molecule has 0 unspecified atom stereocenters. The third kappa shape index (κ3) is 4.21. The maximum Gasteiger partial charge on any atom is 0.268 e. The Morgan fingerprint density at radius 3 is 2.69 bits per heavy atom. The summed E-state index contributed by atoms with van der Waals surface area (Å²) in [5, 5.41) is 2.98. The number of rotatable bonds is 6. The molecule has 2 N–H and O–H groups in total. The van der Waals surface area contributed by atoms with E-state index in [2.05, 4.69) is 36.3 Å². The van der Waals surface area contributed by atoms with Gasteiger partial charge in [-0.25, -0.2) is 0 Å². The second kappa shape index (κ2) is 7.70. The van der Waals surface area contributed by atoms with Gasteiger partial charge in [0.15, 0.2) is 5.78 Å². The minimum Gasteiger partial charge on any atom is -0.354 e. The van der Waals surface area contributed by atoms with Crippen molar-refractivity contribution in [1.29, 1.82) is 0 Å². The number of amides is 1. The number of carbonyl (C=O) groups is 2. The minimum atomic E-state index is -0.118. The Morgan fingerprint density at radius 2 is 1.96 bits per heavy atom. The summed E-state index contributed by atoms with van der Waals surface area (Å²) in [6.45, 7) is 6.68. The van der Waals surface area contributed by atoms with Crippen molar-refractivity contribution < 1.29 is 9.59 Å². The number of fused-ring (bicyclic) bond motifs is 1. The molecule has 0 atom stereocenters. The van der Waals surface area contributed by atoms with Gasteiger partial charge in [0, 0.05) is 29.1 Å². The number of ketones is 1. The van der Waals surface area contributed by atoms with Crippen LogP contribution < -0.4 is 5.32 Å². The molecule has 1 aromatic heterocycles. The van der Waals surface area contributed by atoms with E-state index in [1.807, 2.05) is 25.1 Å². The number of thioether (sulfide) groups is 1. The van der Waals surface area contributed by atoms with Gasteiger partial charge in [-0.3, -0.25) is 9.59 Å². The van der Waals surface area contributed by atoms with Gasteiger partial charge in [0.05, 0.1) is 0 Å². The molecule has 4 nitrogen and oxygen atoms in total. The smallest absolute Gasteiger partial charge is 0.268 e. The lowest BCUT2D eigenvalue weighted by atomic mass is 9.75. The monoisotopic (exact) mass is 370 g/mol. The van der Waals surface area contributed by atoms with Crippen LogP contribution in [0.1, 0.15) is 58.8 Å². The molecule has 1 amide bonds. The molecule has 0 bridgehead atoms. The van der Waals surface area contributed by atoms with Crippen molar-refractivity contribution in [2.45, 2.75) is 44.9 Å². The summed E-state index contributed by atoms with van der Waals surface area (Å²) < 4.78 is 0. The number of carbonyl (C=O) groups excluding carboxylic acids is 2. The van der Waals surface area contributed by atoms with E-state index in [4.69, 9.17) is 0 Å². The van der Waals surface area contributed by atoms with Gasteiger partial charge in [-0.2, -0.15) is 0 Å². The largest absolute Gasteiger partial charge is 0.354 e. The highest BCUT2D eigenvalue weighted by Crippen LogP contribution is 2.36. The SMILES string of the molecule is Cc1c(C(=O)NCCCSc2ccccc2)[nH]c2c1C(=O)CC(C)(C)C2. The molecule has 3 rings (SSSR count). The van der Waals surface area contributed by atoms with Crippen LogP contribution in [0.3, 0.4) is 0 Å². The first-order valence-electron chi connectivity index (χ1n) is 9.08. The van der Waals surface area contributed by atoms with Crippen LogP contribution in [0.2, 0.25) is 0 Å². The van der Waals surface area contributed by atoms with Gasteiger partial charge in [-0.05, 0) is 48.6 Å². The summed E-state index contributed by atoms with van der Waals surface area (Å²) in [6.07, 6.45) is 2.24. The van der Waals surface area contributed by atoms with Crippen LogP contribution in [0.15, 0.2) is 35.2 Å². The molecule has 138 valence electrons. The molecule has 0 fully saturated rings. The number of benzene rings is 1. The topological polar surface area (TPSA) is 62.0 Å². The number of hydrogen-bond acceptors (Lipinski definition) is 3. The summed E-state index contributed by atoms with van der Waals surface area (Å²) in [4.78, 5) is 29.4.